The minimum atomic E-state index is -0.941. The van der Waals surface area contributed by atoms with Crippen LogP contribution in [0.15, 0.2) is 36.4 Å². The van der Waals surface area contributed by atoms with Crippen LogP contribution >= 0.6 is 35.4 Å². The van der Waals surface area contributed by atoms with Gasteiger partial charge in [-0.2, -0.15) is 0 Å². The number of benzene rings is 2. The third-order valence-corrected chi connectivity index (χ3v) is 3.47. The molecule has 0 heterocycles. The quantitative estimate of drug-likeness (QED) is 0.783. The Hall–Kier alpha value is -1.43. The molecule has 0 fully saturated rings. The lowest BCUT2D eigenvalue weighted by atomic mass is 10.2. The fourth-order valence-corrected chi connectivity index (χ4v) is 2.26. The maximum Gasteiger partial charge on any atom is 0.171 e. The molecular weight excluding hydrogens is 337 g/mol. The van der Waals surface area contributed by atoms with Crippen molar-refractivity contribution in [2.45, 2.75) is 6.54 Å². The first kappa shape index (κ1) is 15.9. The van der Waals surface area contributed by atoms with Gasteiger partial charge in [0.2, 0.25) is 0 Å². The van der Waals surface area contributed by atoms with E-state index in [1.165, 1.54) is 6.07 Å². The number of anilines is 1. The minimum absolute atomic E-state index is 0.270. The molecule has 2 nitrogen and oxygen atoms in total. The van der Waals surface area contributed by atoms with E-state index in [-0.39, 0.29) is 5.11 Å². The van der Waals surface area contributed by atoms with E-state index >= 15 is 0 Å². The lowest BCUT2D eigenvalue weighted by molar-refractivity contribution is 0.509. The zero-order valence-corrected chi connectivity index (χ0v) is 12.9. The zero-order chi connectivity index (χ0) is 15.4. The Bertz CT molecular complexity index is 680. The maximum atomic E-state index is 13.1. The predicted octanol–water partition coefficient (Wildman–Crippen LogP) is 4.76. The summed E-state index contributed by atoms with van der Waals surface area (Å²) >= 11 is 16.9. The third-order valence-electron chi connectivity index (χ3n) is 2.63. The van der Waals surface area contributed by atoms with Gasteiger partial charge in [0.25, 0.3) is 0 Å². The number of thiocarbonyl (C=S) groups is 1. The fourth-order valence-electron chi connectivity index (χ4n) is 1.59. The fraction of sp³-hybridized carbons (Fsp3) is 0.0714. The largest absolute Gasteiger partial charge is 0.358 e. The molecule has 0 aliphatic heterocycles. The summed E-state index contributed by atoms with van der Waals surface area (Å²) in [6, 6.07) is 8.57. The number of hydrogen-bond acceptors (Lipinski definition) is 1. The van der Waals surface area contributed by atoms with Crippen LogP contribution in [-0.2, 0) is 6.54 Å². The van der Waals surface area contributed by atoms with E-state index < -0.39 is 11.6 Å². The Kier molecular flexibility index (Phi) is 5.33. The Labute approximate surface area is 136 Å². The van der Waals surface area contributed by atoms with Crippen LogP contribution in [0.25, 0.3) is 0 Å². The standard InChI is InChI=1S/C14H10Cl2F2N2S/c15-9-2-1-8(11(16)5-9)7-19-14(21)20-10-3-4-12(17)13(18)6-10/h1-6H,7H2,(H2,19,20,21). The van der Waals surface area contributed by atoms with Crippen molar-refractivity contribution in [2.75, 3.05) is 5.32 Å². The first-order chi connectivity index (χ1) is 9.95. The molecule has 0 radical (unpaired) electrons. The molecule has 0 unspecified atom stereocenters. The van der Waals surface area contributed by atoms with Crippen LogP contribution in [0.5, 0.6) is 0 Å². The number of halogens is 4. The van der Waals surface area contributed by atoms with E-state index in [9.17, 15) is 8.78 Å². The summed E-state index contributed by atoms with van der Waals surface area (Å²) in [6.07, 6.45) is 0. The van der Waals surface area contributed by atoms with Gasteiger partial charge >= 0.3 is 0 Å². The summed E-state index contributed by atoms with van der Waals surface area (Å²) < 4.78 is 25.9. The monoisotopic (exact) mass is 346 g/mol. The van der Waals surface area contributed by atoms with Gasteiger partial charge in [0, 0.05) is 28.3 Å². The molecule has 0 aliphatic rings. The molecule has 0 bridgehead atoms. The second-order valence-electron chi connectivity index (χ2n) is 4.17. The molecule has 0 amide bonds. The summed E-state index contributed by atoms with van der Waals surface area (Å²) in [5.41, 5.74) is 1.17. The van der Waals surface area contributed by atoms with Crippen LogP contribution in [-0.4, -0.2) is 5.11 Å². The normalized spacial score (nSPS) is 10.3. The van der Waals surface area contributed by atoms with Gasteiger partial charge in [-0.05, 0) is 42.0 Å². The second-order valence-corrected chi connectivity index (χ2v) is 5.42. The molecule has 2 aromatic carbocycles. The van der Waals surface area contributed by atoms with Crippen LogP contribution in [0.1, 0.15) is 5.56 Å². The summed E-state index contributed by atoms with van der Waals surface area (Å²) in [4.78, 5) is 0. The number of nitrogens with one attached hydrogen (secondary N) is 2. The van der Waals surface area contributed by atoms with Gasteiger partial charge in [0.05, 0.1) is 0 Å². The lowest BCUT2D eigenvalue weighted by Crippen LogP contribution is -2.28. The Morgan fingerprint density at radius 3 is 2.48 bits per heavy atom. The van der Waals surface area contributed by atoms with E-state index in [2.05, 4.69) is 10.6 Å². The molecule has 0 saturated heterocycles. The molecule has 21 heavy (non-hydrogen) atoms. The Morgan fingerprint density at radius 2 is 1.81 bits per heavy atom. The molecule has 0 saturated carbocycles. The van der Waals surface area contributed by atoms with E-state index in [1.807, 2.05) is 0 Å². The summed E-state index contributed by atoms with van der Waals surface area (Å²) in [5.74, 6) is -1.85. The first-order valence-corrected chi connectivity index (χ1v) is 7.06. The molecule has 2 aromatic rings. The van der Waals surface area contributed by atoms with Crippen molar-refractivity contribution >= 4 is 46.2 Å². The molecular formula is C14H10Cl2F2N2S. The smallest absolute Gasteiger partial charge is 0.171 e. The summed E-state index contributed by atoms with van der Waals surface area (Å²) in [6.45, 7) is 0.380. The van der Waals surface area contributed by atoms with E-state index in [4.69, 9.17) is 35.4 Å². The summed E-state index contributed by atoms with van der Waals surface area (Å²) in [7, 11) is 0. The molecule has 0 atom stereocenters. The number of hydrogen-bond donors (Lipinski definition) is 2. The molecule has 0 spiro atoms. The molecule has 7 heteroatoms. The molecule has 2 rings (SSSR count). The van der Waals surface area contributed by atoms with Crippen molar-refractivity contribution in [1.82, 2.24) is 5.32 Å². The van der Waals surface area contributed by atoms with Gasteiger partial charge in [-0.25, -0.2) is 8.78 Å². The van der Waals surface area contributed by atoms with Crippen LogP contribution in [0.4, 0.5) is 14.5 Å². The highest BCUT2D eigenvalue weighted by Crippen LogP contribution is 2.20. The summed E-state index contributed by atoms with van der Waals surface area (Å²) in [5, 5.41) is 7.01. The van der Waals surface area contributed by atoms with Crippen molar-refractivity contribution in [3.8, 4) is 0 Å². The van der Waals surface area contributed by atoms with Crippen molar-refractivity contribution in [1.29, 1.82) is 0 Å². The highest BCUT2D eigenvalue weighted by atomic mass is 35.5. The Morgan fingerprint density at radius 1 is 1.05 bits per heavy atom. The predicted molar refractivity (Wildman–Crippen MR) is 85.9 cm³/mol. The maximum absolute atomic E-state index is 13.1. The van der Waals surface area contributed by atoms with Crippen LogP contribution < -0.4 is 10.6 Å². The molecule has 110 valence electrons. The lowest BCUT2D eigenvalue weighted by Gasteiger charge is -2.11. The van der Waals surface area contributed by atoms with Gasteiger partial charge in [-0.15, -0.1) is 0 Å². The van der Waals surface area contributed by atoms with Gasteiger partial charge in [0.1, 0.15) is 0 Å². The molecule has 0 aromatic heterocycles. The van der Waals surface area contributed by atoms with E-state index in [1.54, 1.807) is 18.2 Å². The van der Waals surface area contributed by atoms with E-state index in [0.717, 1.165) is 17.7 Å². The van der Waals surface area contributed by atoms with Crippen LogP contribution in [0.2, 0.25) is 10.0 Å². The minimum Gasteiger partial charge on any atom is -0.358 e. The van der Waals surface area contributed by atoms with Crippen molar-refractivity contribution in [3.05, 3.63) is 63.6 Å². The van der Waals surface area contributed by atoms with E-state index in [0.29, 0.717) is 22.3 Å². The zero-order valence-electron chi connectivity index (χ0n) is 10.6. The topological polar surface area (TPSA) is 24.1 Å². The molecule has 0 aliphatic carbocycles. The average molecular weight is 347 g/mol. The van der Waals surface area contributed by atoms with Crippen molar-refractivity contribution in [3.63, 3.8) is 0 Å². The highest BCUT2D eigenvalue weighted by molar-refractivity contribution is 7.80. The van der Waals surface area contributed by atoms with Gasteiger partial charge in [-0.3, -0.25) is 0 Å². The second kappa shape index (κ2) is 7.02. The average Bonchev–Trinajstić information content (AvgIpc) is 2.42. The van der Waals surface area contributed by atoms with Gasteiger partial charge < -0.3 is 10.6 Å². The van der Waals surface area contributed by atoms with Crippen molar-refractivity contribution < 1.29 is 8.78 Å². The highest BCUT2D eigenvalue weighted by Gasteiger charge is 2.05. The first-order valence-electron chi connectivity index (χ1n) is 5.89. The SMILES string of the molecule is Fc1ccc(NC(=S)NCc2ccc(Cl)cc2Cl)cc1F. The van der Waals surface area contributed by atoms with Crippen LogP contribution in [0.3, 0.4) is 0 Å². The Balaban J connectivity index is 1.94. The van der Waals surface area contributed by atoms with Crippen molar-refractivity contribution in [2.24, 2.45) is 0 Å². The molecule has 2 N–H and O–H groups in total. The van der Waals surface area contributed by atoms with Gasteiger partial charge in [0.15, 0.2) is 16.7 Å². The number of rotatable bonds is 3. The third kappa shape index (κ3) is 4.52. The van der Waals surface area contributed by atoms with Gasteiger partial charge in [-0.1, -0.05) is 29.3 Å². The van der Waals surface area contributed by atoms with Crippen LogP contribution in [0, 0.1) is 11.6 Å².